The highest BCUT2D eigenvalue weighted by molar-refractivity contribution is 5.88. The number of nitriles is 1. The summed E-state index contributed by atoms with van der Waals surface area (Å²) in [6, 6.07) is 9.14. The van der Waals surface area contributed by atoms with Crippen molar-refractivity contribution in [2.24, 2.45) is 5.41 Å². The third kappa shape index (κ3) is 6.54. The number of nitrogens with one attached hydrogen (secondary N) is 2. The Morgan fingerprint density at radius 2 is 1.82 bits per heavy atom. The van der Waals surface area contributed by atoms with Gasteiger partial charge in [0.1, 0.15) is 17.3 Å². The normalized spacial score (nSPS) is 19.0. The molecule has 34 heavy (non-hydrogen) atoms. The quantitative estimate of drug-likeness (QED) is 0.660. The van der Waals surface area contributed by atoms with Crippen molar-refractivity contribution in [1.29, 1.82) is 5.26 Å². The van der Waals surface area contributed by atoms with Crippen LogP contribution in [0.4, 0.5) is 10.5 Å². The predicted octanol–water partition coefficient (Wildman–Crippen LogP) is 2.52. The number of nitrogens with zero attached hydrogens (tertiary/aromatic N) is 3. The summed E-state index contributed by atoms with van der Waals surface area (Å²) in [5.41, 5.74) is -0.186. The summed E-state index contributed by atoms with van der Waals surface area (Å²) in [6.45, 7) is 9.28. The maximum atomic E-state index is 13.4. The zero-order valence-corrected chi connectivity index (χ0v) is 20.7. The zero-order chi connectivity index (χ0) is 24.8. The van der Waals surface area contributed by atoms with E-state index in [1.807, 2.05) is 45.0 Å². The molecule has 3 amide bonds. The van der Waals surface area contributed by atoms with Gasteiger partial charge >= 0.3 is 6.03 Å². The number of piperidine rings is 1. The highest BCUT2D eigenvalue weighted by Crippen LogP contribution is 2.32. The molecule has 2 heterocycles. The molecule has 2 saturated heterocycles. The summed E-state index contributed by atoms with van der Waals surface area (Å²) in [5.74, 6) is 0.468. The van der Waals surface area contributed by atoms with Crippen LogP contribution < -0.4 is 20.3 Å². The number of methoxy groups -OCH3 is 1. The summed E-state index contributed by atoms with van der Waals surface area (Å²) in [6.07, 6.45) is 1.42. The topological polar surface area (TPSA) is 107 Å². The number of rotatable bonds is 6. The molecule has 2 fully saturated rings. The molecule has 0 radical (unpaired) electrons. The molecule has 0 spiro atoms. The molecule has 2 aliphatic rings. The highest BCUT2D eigenvalue weighted by Gasteiger charge is 2.39. The maximum Gasteiger partial charge on any atom is 0.318 e. The lowest BCUT2D eigenvalue weighted by Gasteiger charge is -2.40. The number of morpholine rings is 1. The first kappa shape index (κ1) is 25.6. The van der Waals surface area contributed by atoms with Crippen molar-refractivity contribution in [3.8, 4) is 11.8 Å². The van der Waals surface area contributed by atoms with E-state index in [0.29, 0.717) is 58.7 Å². The second kappa shape index (κ2) is 11.0. The van der Waals surface area contributed by atoms with E-state index >= 15 is 0 Å². The number of benzene rings is 1. The van der Waals surface area contributed by atoms with Gasteiger partial charge in [0.15, 0.2) is 0 Å². The molecule has 1 aromatic carbocycles. The molecule has 0 aromatic heterocycles. The van der Waals surface area contributed by atoms with E-state index in [4.69, 9.17) is 9.47 Å². The molecular weight excluding hydrogens is 434 g/mol. The molecule has 9 heteroatoms. The van der Waals surface area contributed by atoms with Gasteiger partial charge < -0.3 is 29.9 Å². The zero-order valence-electron chi connectivity index (χ0n) is 20.7. The second-order valence-electron chi connectivity index (χ2n) is 10.2. The predicted molar refractivity (Wildman–Crippen MR) is 130 cm³/mol. The van der Waals surface area contributed by atoms with Gasteiger partial charge in [0, 0.05) is 39.0 Å². The Balaban J connectivity index is 1.68. The Hall–Kier alpha value is -2.99. The number of ether oxygens (including phenoxy) is 2. The van der Waals surface area contributed by atoms with Crippen LogP contribution in [0.1, 0.15) is 40.0 Å². The average Bonchev–Trinajstić information content (AvgIpc) is 2.83. The van der Waals surface area contributed by atoms with Crippen molar-refractivity contribution in [2.75, 3.05) is 51.4 Å². The molecule has 0 bridgehead atoms. The molecule has 0 aliphatic carbocycles. The van der Waals surface area contributed by atoms with Crippen LogP contribution in [0, 0.1) is 16.7 Å². The summed E-state index contributed by atoms with van der Waals surface area (Å²) >= 11 is 0. The number of anilines is 1. The van der Waals surface area contributed by atoms with Gasteiger partial charge in [-0.3, -0.25) is 4.79 Å². The first-order valence-corrected chi connectivity index (χ1v) is 11.9. The van der Waals surface area contributed by atoms with Crippen molar-refractivity contribution in [2.45, 2.75) is 51.6 Å². The number of hydrogen-bond donors (Lipinski definition) is 2. The molecule has 3 rings (SSSR count). The summed E-state index contributed by atoms with van der Waals surface area (Å²) in [5, 5.41) is 15.9. The fraction of sp³-hybridized carbons (Fsp3) is 0.640. The molecule has 1 aromatic rings. The molecule has 9 nitrogen and oxygen atoms in total. The van der Waals surface area contributed by atoms with Gasteiger partial charge in [-0.25, -0.2) is 4.79 Å². The third-order valence-electron chi connectivity index (χ3n) is 6.35. The lowest BCUT2D eigenvalue weighted by atomic mass is 9.85. The maximum absolute atomic E-state index is 13.4. The molecular formula is C25H37N5O4. The van der Waals surface area contributed by atoms with Crippen LogP contribution in [0.3, 0.4) is 0 Å². The van der Waals surface area contributed by atoms with Gasteiger partial charge in [-0.2, -0.15) is 5.26 Å². The van der Waals surface area contributed by atoms with Gasteiger partial charge in [-0.1, -0.05) is 32.9 Å². The van der Waals surface area contributed by atoms with Crippen molar-refractivity contribution < 1.29 is 19.1 Å². The standard InChI is InChI=1S/C25H37N5O4/c1-24(2,3)17-19(27-23(32)30-13-15-34-16-14-30)22(31)28-25(18-26)9-11-29(12-10-25)20-7-5-6-8-21(20)33-4/h5-8,19H,9-17H2,1-4H3,(H,27,32)(H,28,31). The van der Waals surface area contributed by atoms with Gasteiger partial charge in [-0.05, 0) is 24.0 Å². The van der Waals surface area contributed by atoms with Crippen molar-refractivity contribution in [1.82, 2.24) is 15.5 Å². The van der Waals surface area contributed by atoms with Crippen molar-refractivity contribution in [3.05, 3.63) is 24.3 Å². The SMILES string of the molecule is COc1ccccc1N1CCC(C#N)(NC(=O)C(CC(C)(C)C)NC(=O)N2CCOCC2)CC1. The van der Waals surface area contributed by atoms with Gasteiger partial charge in [-0.15, -0.1) is 0 Å². The number of urea groups is 1. The Bertz CT molecular complexity index is 893. The number of carbonyl (C=O) groups excluding carboxylic acids is 2. The van der Waals surface area contributed by atoms with Gasteiger partial charge in [0.25, 0.3) is 0 Å². The monoisotopic (exact) mass is 471 g/mol. The number of para-hydroxylation sites is 2. The van der Waals surface area contributed by atoms with Crippen LogP contribution in [-0.2, 0) is 9.53 Å². The minimum atomic E-state index is -0.977. The van der Waals surface area contributed by atoms with Crippen LogP contribution in [0.15, 0.2) is 24.3 Å². The lowest BCUT2D eigenvalue weighted by Crippen LogP contribution is -2.60. The first-order valence-electron chi connectivity index (χ1n) is 11.9. The summed E-state index contributed by atoms with van der Waals surface area (Å²) < 4.78 is 10.8. The molecule has 186 valence electrons. The van der Waals surface area contributed by atoms with E-state index in [9.17, 15) is 14.9 Å². The van der Waals surface area contributed by atoms with Crippen molar-refractivity contribution >= 4 is 17.6 Å². The van der Waals surface area contributed by atoms with Gasteiger partial charge in [0.05, 0.1) is 32.1 Å². The number of amides is 3. The van der Waals surface area contributed by atoms with E-state index in [1.165, 1.54) is 0 Å². The molecule has 0 saturated carbocycles. The fourth-order valence-corrected chi connectivity index (χ4v) is 4.44. The second-order valence-corrected chi connectivity index (χ2v) is 10.2. The summed E-state index contributed by atoms with van der Waals surface area (Å²) in [4.78, 5) is 30.0. The van der Waals surface area contributed by atoms with Crippen LogP contribution >= 0.6 is 0 Å². The fourth-order valence-electron chi connectivity index (χ4n) is 4.44. The minimum Gasteiger partial charge on any atom is -0.495 e. The summed E-state index contributed by atoms with van der Waals surface area (Å²) in [7, 11) is 1.64. The Morgan fingerprint density at radius 3 is 2.41 bits per heavy atom. The van der Waals surface area contributed by atoms with Crippen molar-refractivity contribution in [3.63, 3.8) is 0 Å². The molecule has 2 aliphatic heterocycles. The average molecular weight is 472 g/mol. The third-order valence-corrected chi connectivity index (χ3v) is 6.35. The Morgan fingerprint density at radius 1 is 1.18 bits per heavy atom. The Kier molecular flexibility index (Phi) is 8.26. The minimum absolute atomic E-state index is 0.187. The van der Waals surface area contributed by atoms with Crippen LogP contribution in [0.5, 0.6) is 5.75 Å². The lowest BCUT2D eigenvalue weighted by molar-refractivity contribution is -0.125. The number of hydrogen-bond acceptors (Lipinski definition) is 6. The van der Waals surface area contributed by atoms with E-state index in [-0.39, 0.29) is 17.4 Å². The number of carbonyl (C=O) groups is 2. The smallest absolute Gasteiger partial charge is 0.318 e. The van der Waals surface area contributed by atoms with Gasteiger partial charge in [0.2, 0.25) is 5.91 Å². The van der Waals surface area contributed by atoms with Crippen LogP contribution in [-0.4, -0.2) is 74.9 Å². The molecule has 1 atom stereocenters. The van der Waals surface area contributed by atoms with E-state index in [0.717, 1.165) is 11.4 Å². The highest BCUT2D eigenvalue weighted by atomic mass is 16.5. The largest absolute Gasteiger partial charge is 0.495 e. The van der Waals surface area contributed by atoms with E-state index in [2.05, 4.69) is 21.6 Å². The molecule has 2 N–H and O–H groups in total. The van der Waals surface area contributed by atoms with E-state index in [1.54, 1.807) is 12.0 Å². The van der Waals surface area contributed by atoms with E-state index < -0.39 is 11.6 Å². The molecule has 1 unspecified atom stereocenters. The Labute approximate surface area is 202 Å². The first-order chi connectivity index (χ1) is 16.2. The van der Waals surface area contributed by atoms with Crippen LogP contribution in [0.25, 0.3) is 0 Å². The van der Waals surface area contributed by atoms with Crippen LogP contribution in [0.2, 0.25) is 0 Å².